The summed E-state index contributed by atoms with van der Waals surface area (Å²) in [6.45, 7) is 2.32. The molecule has 0 atom stereocenters. The Bertz CT molecular complexity index is 962. The van der Waals surface area contributed by atoms with Crippen LogP contribution in [0.4, 0.5) is 0 Å². The molecule has 6 heteroatoms. The zero-order valence-corrected chi connectivity index (χ0v) is 15.2. The number of nitrogens with zero attached hydrogens (tertiary/aromatic N) is 5. The largest absolute Gasteiger partial charge is 0.461 e. The van der Waals surface area contributed by atoms with Gasteiger partial charge in [0.25, 0.3) is 0 Å². The number of imidazole rings is 1. The molecule has 0 saturated carbocycles. The monoisotopic (exact) mass is 359 g/mol. The highest BCUT2D eigenvalue weighted by Crippen LogP contribution is 2.15. The second kappa shape index (κ2) is 7.97. The lowest BCUT2D eigenvalue weighted by atomic mass is 10.2. The van der Waals surface area contributed by atoms with Gasteiger partial charge < -0.3 is 8.98 Å². The lowest BCUT2D eigenvalue weighted by Gasteiger charge is -2.17. The van der Waals surface area contributed by atoms with Crippen molar-refractivity contribution >= 4 is 0 Å². The third kappa shape index (κ3) is 4.30. The smallest absolute Gasteiger partial charge is 0.195 e. The van der Waals surface area contributed by atoms with Crippen LogP contribution in [-0.4, -0.2) is 31.5 Å². The predicted octanol–water partition coefficient (Wildman–Crippen LogP) is 3.61. The summed E-state index contributed by atoms with van der Waals surface area (Å²) in [5.74, 6) is 2.32. The van der Waals surface area contributed by atoms with Crippen LogP contribution < -0.4 is 0 Å². The molecule has 0 aliphatic heterocycles. The third-order valence-electron chi connectivity index (χ3n) is 4.31. The maximum Gasteiger partial charge on any atom is 0.195 e. The number of hydrogen-bond acceptors (Lipinski definition) is 5. The molecular weight excluding hydrogens is 338 g/mol. The van der Waals surface area contributed by atoms with Crippen LogP contribution in [0, 0.1) is 0 Å². The average molecular weight is 359 g/mol. The van der Waals surface area contributed by atoms with Crippen LogP contribution in [0.3, 0.4) is 0 Å². The minimum Gasteiger partial charge on any atom is -0.461 e. The summed E-state index contributed by atoms with van der Waals surface area (Å²) in [6.07, 6.45) is 9.19. The zero-order valence-electron chi connectivity index (χ0n) is 15.2. The summed E-state index contributed by atoms with van der Waals surface area (Å²) < 4.78 is 7.51. The van der Waals surface area contributed by atoms with Gasteiger partial charge in [0.1, 0.15) is 5.82 Å². The molecule has 0 N–H and O–H groups in total. The van der Waals surface area contributed by atoms with Crippen molar-refractivity contribution in [2.75, 3.05) is 7.05 Å². The van der Waals surface area contributed by atoms with Gasteiger partial charge in [-0.3, -0.25) is 4.90 Å². The quantitative estimate of drug-likeness (QED) is 0.504. The molecule has 4 aromatic rings. The van der Waals surface area contributed by atoms with Crippen molar-refractivity contribution in [3.63, 3.8) is 0 Å². The van der Waals surface area contributed by atoms with Crippen LogP contribution in [0.25, 0.3) is 11.6 Å². The van der Waals surface area contributed by atoms with Crippen molar-refractivity contribution in [2.45, 2.75) is 19.6 Å². The van der Waals surface area contributed by atoms with Crippen LogP contribution in [0.1, 0.15) is 17.0 Å². The Morgan fingerprint density at radius 3 is 2.48 bits per heavy atom. The highest BCUT2D eigenvalue weighted by atomic mass is 16.3. The first-order valence-electron chi connectivity index (χ1n) is 8.85. The number of benzene rings is 1. The minimum absolute atomic E-state index is 0.602. The summed E-state index contributed by atoms with van der Waals surface area (Å²) in [5.41, 5.74) is 2.32. The Labute approximate surface area is 158 Å². The predicted molar refractivity (Wildman–Crippen MR) is 103 cm³/mol. The van der Waals surface area contributed by atoms with Crippen molar-refractivity contribution < 1.29 is 4.42 Å². The molecule has 0 aliphatic carbocycles. The van der Waals surface area contributed by atoms with Crippen molar-refractivity contribution in [1.82, 2.24) is 24.4 Å². The van der Waals surface area contributed by atoms with Crippen LogP contribution in [-0.2, 0) is 19.6 Å². The van der Waals surface area contributed by atoms with E-state index in [1.54, 1.807) is 6.26 Å². The van der Waals surface area contributed by atoms with Crippen molar-refractivity contribution in [1.29, 1.82) is 0 Å². The molecule has 3 heterocycles. The number of aromatic nitrogens is 4. The van der Waals surface area contributed by atoms with E-state index in [1.807, 2.05) is 43.0 Å². The fourth-order valence-corrected chi connectivity index (χ4v) is 2.99. The van der Waals surface area contributed by atoms with E-state index in [2.05, 4.69) is 55.7 Å². The molecular formula is C21H21N5O. The lowest BCUT2D eigenvalue weighted by molar-refractivity contribution is 0.305. The summed E-state index contributed by atoms with van der Waals surface area (Å²) in [7, 11) is 2.07. The summed E-state index contributed by atoms with van der Waals surface area (Å²) in [4.78, 5) is 15.5. The first-order valence-corrected chi connectivity index (χ1v) is 8.85. The SMILES string of the molecule is CN(Cc1cnc(-c2ccco2)nc1)Cc1nccn1Cc1ccccc1. The van der Waals surface area contributed by atoms with Crippen LogP contribution in [0.15, 0.2) is 77.9 Å². The van der Waals surface area contributed by atoms with E-state index in [1.165, 1.54) is 5.56 Å². The Morgan fingerprint density at radius 1 is 0.926 bits per heavy atom. The van der Waals surface area contributed by atoms with Gasteiger partial charge in [0.05, 0.1) is 12.8 Å². The van der Waals surface area contributed by atoms with Crippen molar-refractivity contribution in [3.05, 3.63) is 90.5 Å². The van der Waals surface area contributed by atoms with Gasteiger partial charge in [-0.2, -0.15) is 0 Å². The van der Waals surface area contributed by atoms with Gasteiger partial charge in [0.2, 0.25) is 0 Å². The van der Waals surface area contributed by atoms with Gasteiger partial charge in [0, 0.05) is 43.4 Å². The highest BCUT2D eigenvalue weighted by molar-refractivity contribution is 5.45. The van der Waals surface area contributed by atoms with E-state index in [0.29, 0.717) is 11.6 Å². The van der Waals surface area contributed by atoms with Gasteiger partial charge >= 0.3 is 0 Å². The van der Waals surface area contributed by atoms with E-state index in [4.69, 9.17) is 4.42 Å². The molecule has 6 nitrogen and oxygen atoms in total. The van der Waals surface area contributed by atoms with Crippen LogP contribution in [0.2, 0.25) is 0 Å². The fraction of sp³-hybridized carbons (Fsp3) is 0.190. The van der Waals surface area contributed by atoms with E-state index < -0.39 is 0 Å². The molecule has 0 bridgehead atoms. The Kier molecular flexibility index (Phi) is 5.07. The maximum atomic E-state index is 5.33. The molecule has 1 aromatic carbocycles. The molecule has 0 aliphatic rings. The molecule has 136 valence electrons. The van der Waals surface area contributed by atoms with Gasteiger partial charge in [-0.15, -0.1) is 0 Å². The number of rotatable bonds is 7. The molecule has 0 spiro atoms. The summed E-state index contributed by atoms with van der Waals surface area (Å²) in [5, 5.41) is 0. The average Bonchev–Trinajstić information content (AvgIpc) is 3.36. The van der Waals surface area contributed by atoms with E-state index in [0.717, 1.165) is 31.0 Å². The zero-order chi connectivity index (χ0) is 18.5. The van der Waals surface area contributed by atoms with E-state index in [9.17, 15) is 0 Å². The fourth-order valence-electron chi connectivity index (χ4n) is 2.99. The molecule has 0 unspecified atom stereocenters. The standard InChI is InChI=1S/C21H21N5O/c1-25(14-18-12-23-21(24-13-18)19-8-5-11-27-19)16-20-22-9-10-26(20)15-17-6-3-2-4-7-17/h2-13H,14-16H2,1H3. The second-order valence-corrected chi connectivity index (χ2v) is 6.52. The first-order chi connectivity index (χ1) is 13.3. The molecule has 4 rings (SSSR count). The normalized spacial score (nSPS) is 11.2. The molecule has 0 fully saturated rings. The van der Waals surface area contributed by atoms with Crippen molar-refractivity contribution in [3.8, 4) is 11.6 Å². The van der Waals surface area contributed by atoms with Gasteiger partial charge in [-0.05, 0) is 24.7 Å². The number of hydrogen-bond donors (Lipinski definition) is 0. The summed E-state index contributed by atoms with van der Waals surface area (Å²) >= 11 is 0. The molecule has 0 amide bonds. The van der Waals surface area contributed by atoms with Crippen LogP contribution >= 0.6 is 0 Å². The molecule has 27 heavy (non-hydrogen) atoms. The minimum atomic E-state index is 0.602. The molecule has 0 saturated heterocycles. The number of furan rings is 1. The van der Waals surface area contributed by atoms with Gasteiger partial charge in [-0.1, -0.05) is 30.3 Å². The first kappa shape index (κ1) is 17.2. The van der Waals surface area contributed by atoms with Crippen LogP contribution in [0.5, 0.6) is 0 Å². The Hall–Kier alpha value is -3.25. The van der Waals surface area contributed by atoms with Gasteiger partial charge in [-0.25, -0.2) is 15.0 Å². The Morgan fingerprint density at radius 2 is 1.74 bits per heavy atom. The molecule has 0 radical (unpaired) electrons. The summed E-state index contributed by atoms with van der Waals surface area (Å²) in [6, 6.07) is 14.1. The van der Waals surface area contributed by atoms with Gasteiger partial charge in [0.15, 0.2) is 11.6 Å². The van der Waals surface area contributed by atoms with Crippen molar-refractivity contribution in [2.24, 2.45) is 0 Å². The topological polar surface area (TPSA) is 60.0 Å². The third-order valence-corrected chi connectivity index (χ3v) is 4.31. The van der Waals surface area contributed by atoms with E-state index in [-0.39, 0.29) is 0 Å². The highest BCUT2D eigenvalue weighted by Gasteiger charge is 2.09. The Balaban J connectivity index is 1.38. The molecule has 3 aromatic heterocycles. The second-order valence-electron chi connectivity index (χ2n) is 6.52. The van der Waals surface area contributed by atoms with E-state index >= 15 is 0 Å². The maximum absolute atomic E-state index is 5.33. The lowest BCUT2D eigenvalue weighted by Crippen LogP contribution is -2.20.